The molecule has 3 aliphatic heterocycles. The number of amides is 1. The van der Waals surface area contributed by atoms with E-state index in [1.54, 1.807) is 16.8 Å². The summed E-state index contributed by atoms with van der Waals surface area (Å²) in [6, 6.07) is 16.3. The standard InChI is InChI=1S/C32H35N7O3/c1-22-16-25(36-13-9-31(2,19-36)23-6-4-3-5-7-23)18-39-28(22)34-27(35-39)29(40)38-15-11-32(21-38)10-14-37(20-32)24-8-12-33-26(17-24)30(41)42/h3-8,12,16-18H,9-11,13-15,19-21H2,1-2H3,(H,41,42)/t31-,32?/m0/s1. The Morgan fingerprint density at radius 2 is 1.67 bits per heavy atom. The van der Waals surface area contributed by atoms with Gasteiger partial charge in [0.2, 0.25) is 5.82 Å². The number of hydrogen-bond donors (Lipinski definition) is 1. The lowest BCUT2D eigenvalue weighted by Gasteiger charge is -2.26. The maximum atomic E-state index is 13.6. The van der Waals surface area contributed by atoms with Crippen LogP contribution in [0.5, 0.6) is 0 Å². The van der Waals surface area contributed by atoms with E-state index in [4.69, 9.17) is 0 Å². The van der Waals surface area contributed by atoms with E-state index in [1.807, 2.05) is 24.1 Å². The molecule has 1 N–H and O–H groups in total. The first-order valence-electron chi connectivity index (χ1n) is 14.6. The summed E-state index contributed by atoms with van der Waals surface area (Å²) in [5.74, 6) is -0.931. The highest BCUT2D eigenvalue weighted by Gasteiger charge is 2.45. The maximum absolute atomic E-state index is 13.6. The lowest BCUT2D eigenvalue weighted by Crippen LogP contribution is -2.34. The van der Waals surface area contributed by atoms with Gasteiger partial charge in [-0.15, -0.1) is 5.10 Å². The average molecular weight is 566 g/mol. The number of pyridine rings is 2. The molecule has 7 rings (SSSR count). The molecular weight excluding hydrogens is 530 g/mol. The minimum Gasteiger partial charge on any atom is -0.477 e. The van der Waals surface area contributed by atoms with Gasteiger partial charge >= 0.3 is 5.97 Å². The molecule has 2 atom stereocenters. The monoisotopic (exact) mass is 565 g/mol. The molecule has 1 amide bonds. The highest BCUT2D eigenvalue weighted by Crippen LogP contribution is 2.42. The molecule has 3 fully saturated rings. The number of anilines is 2. The van der Waals surface area contributed by atoms with Crippen molar-refractivity contribution in [2.75, 3.05) is 49.1 Å². The summed E-state index contributed by atoms with van der Waals surface area (Å²) < 4.78 is 1.77. The Hall–Kier alpha value is -4.47. The fraction of sp³-hybridized carbons (Fsp3) is 0.406. The Labute approximate surface area is 244 Å². The predicted octanol–water partition coefficient (Wildman–Crippen LogP) is 4.04. The zero-order valence-electron chi connectivity index (χ0n) is 24.0. The minimum atomic E-state index is -1.03. The van der Waals surface area contributed by atoms with Gasteiger partial charge in [-0.1, -0.05) is 37.3 Å². The Kier molecular flexibility index (Phi) is 6.18. The molecule has 6 heterocycles. The third kappa shape index (κ3) is 4.55. The summed E-state index contributed by atoms with van der Waals surface area (Å²) >= 11 is 0. The van der Waals surface area contributed by atoms with Gasteiger partial charge in [-0.2, -0.15) is 0 Å². The molecule has 0 radical (unpaired) electrons. The van der Waals surface area contributed by atoms with Gasteiger partial charge in [-0.3, -0.25) is 4.79 Å². The van der Waals surface area contributed by atoms with E-state index in [0.717, 1.165) is 62.4 Å². The van der Waals surface area contributed by atoms with Gasteiger partial charge in [-0.05, 0) is 55.5 Å². The van der Waals surface area contributed by atoms with Crippen molar-refractivity contribution in [2.45, 2.75) is 38.5 Å². The van der Waals surface area contributed by atoms with Crippen LogP contribution < -0.4 is 9.80 Å². The molecule has 0 bridgehead atoms. The molecule has 1 spiro atoms. The van der Waals surface area contributed by atoms with E-state index >= 15 is 0 Å². The average Bonchev–Trinajstić information content (AvgIpc) is 3.80. The number of hydrogen-bond acceptors (Lipinski definition) is 7. The lowest BCUT2D eigenvalue weighted by atomic mass is 9.82. The number of nitrogens with zero attached hydrogens (tertiary/aromatic N) is 7. The zero-order chi connectivity index (χ0) is 29.1. The van der Waals surface area contributed by atoms with Crippen LogP contribution in [0.2, 0.25) is 0 Å². The number of aromatic carboxylic acids is 1. The molecule has 4 aromatic rings. The molecular formula is C32H35N7O3. The van der Waals surface area contributed by atoms with Crippen molar-refractivity contribution < 1.29 is 14.7 Å². The molecule has 3 aromatic heterocycles. The predicted molar refractivity (Wildman–Crippen MR) is 159 cm³/mol. The van der Waals surface area contributed by atoms with E-state index in [-0.39, 0.29) is 28.3 Å². The van der Waals surface area contributed by atoms with Gasteiger partial charge in [0, 0.05) is 62.0 Å². The van der Waals surface area contributed by atoms with Gasteiger partial charge in [0.25, 0.3) is 5.91 Å². The smallest absolute Gasteiger partial charge is 0.354 e. The number of likely N-dealkylation sites (tertiary alicyclic amines) is 1. The summed E-state index contributed by atoms with van der Waals surface area (Å²) in [7, 11) is 0. The summed E-state index contributed by atoms with van der Waals surface area (Å²) in [6.07, 6.45) is 6.47. The minimum absolute atomic E-state index is 0.0221. The summed E-state index contributed by atoms with van der Waals surface area (Å²) in [4.78, 5) is 40.1. The maximum Gasteiger partial charge on any atom is 0.354 e. The van der Waals surface area contributed by atoms with Gasteiger partial charge in [0.1, 0.15) is 5.69 Å². The van der Waals surface area contributed by atoms with Gasteiger partial charge < -0.3 is 19.8 Å². The number of rotatable bonds is 5. The quantitative estimate of drug-likeness (QED) is 0.387. The van der Waals surface area contributed by atoms with E-state index in [1.165, 1.54) is 5.56 Å². The van der Waals surface area contributed by atoms with E-state index in [0.29, 0.717) is 18.7 Å². The second-order valence-corrected chi connectivity index (χ2v) is 12.5. The number of carbonyl (C=O) groups excluding carboxylic acids is 1. The second-order valence-electron chi connectivity index (χ2n) is 12.5. The number of carboxylic acids is 1. The van der Waals surface area contributed by atoms with Crippen LogP contribution in [-0.4, -0.2) is 80.7 Å². The van der Waals surface area contributed by atoms with Crippen LogP contribution in [0.25, 0.3) is 5.65 Å². The van der Waals surface area contributed by atoms with E-state index < -0.39 is 5.97 Å². The first kappa shape index (κ1) is 26.4. The molecule has 10 heteroatoms. The Balaban J connectivity index is 1.06. The molecule has 42 heavy (non-hydrogen) atoms. The Morgan fingerprint density at radius 3 is 2.48 bits per heavy atom. The lowest BCUT2D eigenvalue weighted by molar-refractivity contribution is 0.0689. The highest BCUT2D eigenvalue weighted by atomic mass is 16.4. The molecule has 1 aromatic carbocycles. The van der Waals surface area contributed by atoms with Crippen LogP contribution in [0, 0.1) is 12.3 Å². The van der Waals surface area contributed by atoms with Crippen molar-refractivity contribution in [3.05, 3.63) is 83.6 Å². The fourth-order valence-electron chi connectivity index (χ4n) is 7.12. The molecule has 3 saturated heterocycles. The summed E-state index contributed by atoms with van der Waals surface area (Å²) in [5, 5.41) is 14.0. The van der Waals surface area contributed by atoms with Crippen molar-refractivity contribution >= 4 is 28.9 Å². The number of benzene rings is 1. The van der Waals surface area contributed by atoms with Crippen LogP contribution >= 0.6 is 0 Å². The summed E-state index contributed by atoms with van der Waals surface area (Å²) in [6.45, 7) is 9.14. The Bertz CT molecular complexity index is 1690. The number of aryl methyl sites for hydroxylation is 1. The number of aromatic nitrogens is 4. The van der Waals surface area contributed by atoms with Crippen LogP contribution in [0.15, 0.2) is 60.9 Å². The van der Waals surface area contributed by atoms with Crippen molar-refractivity contribution in [3.63, 3.8) is 0 Å². The van der Waals surface area contributed by atoms with Crippen LogP contribution in [0.4, 0.5) is 11.4 Å². The van der Waals surface area contributed by atoms with Gasteiger partial charge in [0.15, 0.2) is 5.65 Å². The van der Waals surface area contributed by atoms with Crippen molar-refractivity contribution in [1.82, 2.24) is 24.5 Å². The molecule has 3 aliphatic rings. The molecule has 216 valence electrons. The molecule has 10 nitrogen and oxygen atoms in total. The number of carbonyl (C=O) groups is 2. The van der Waals surface area contributed by atoms with Crippen molar-refractivity contribution in [2.24, 2.45) is 5.41 Å². The topological polar surface area (TPSA) is 107 Å². The largest absolute Gasteiger partial charge is 0.477 e. The zero-order valence-corrected chi connectivity index (χ0v) is 24.0. The molecule has 0 aliphatic carbocycles. The third-order valence-electron chi connectivity index (χ3n) is 9.60. The molecule has 1 unspecified atom stereocenters. The number of fused-ring (bicyclic) bond motifs is 1. The Morgan fingerprint density at radius 1 is 0.905 bits per heavy atom. The molecule has 0 saturated carbocycles. The summed E-state index contributed by atoms with van der Waals surface area (Å²) in [5.41, 5.74) is 5.13. The van der Waals surface area contributed by atoms with Crippen LogP contribution in [-0.2, 0) is 5.41 Å². The first-order chi connectivity index (χ1) is 20.2. The highest BCUT2D eigenvalue weighted by molar-refractivity contribution is 5.91. The second kappa shape index (κ2) is 9.82. The third-order valence-corrected chi connectivity index (χ3v) is 9.60. The van der Waals surface area contributed by atoms with E-state index in [2.05, 4.69) is 68.2 Å². The number of carboxylic acid groups (broad SMARTS) is 1. The normalized spacial score (nSPS) is 23.9. The fourth-order valence-corrected chi connectivity index (χ4v) is 7.12. The van der Waals surface area contributed by atoms with Crippen LogP contribution in [0.1, 0.15) is 58.4 Å². The van der Waals surface area contributed by atoms with Gasteiger partial charge in [0.05, 0.1) is 11.9 Å². The SMILES string of the molecule is Cc1cc(N2CC[C@](C)(c3ccccc3)C2)cn2nc(C(=O)N3CCC4(CCN(c5ccnc(C(=O)O)c5)C4)C3)nc12. The first-order valence-corrected chi connectivity index (χ1v) is 14.6. The van der Waals surface area contributed by atoms with Crippen molar-refractivity contribution in [3.8, 4) is 0 Å². The van der Waals surface area contributed by atoms with Gasteiger partial charge in [-0.25, -0.2) is 19.3 Å². The van der Waals surface area contributed by atoms with Crippen molar-refractivity contribution in [1.29, 1.82) is 0 Å². The van der Waals surface area contributed by atoms with Crippen LogP contribution in [0.3, 0.4) is 0 Å². The van der Waals surface area contributed by atoms with E-state index in [9.17, 15) is 14.7 Å².